The van der Waals surface area contributed by atoms with Crippen molar-refractivity contribution >= 4 is 0 Å². The maximum Gasteiger partial charge on any atom is 0.205 e. The molecule has 136 valence electrons. The van der Waals surface area contributed by atoms with Crippen LogP contribution in [-0.4, -0.2) is 9.97 Å². The van der Waals surface area contributed by atoms with Crippen molar-refractivity contribution in [3.63, 3.8) is 0 Å². The summed E-state index contributed by atoms with van der Waals surface area (Å²) in [6.07, 6.45) is 14.7. The quantitative estimate of drug-likeness (QED) is 0.487. The minimum atomic E-state index is 0.584. The number of hydrogen-bond donors (Lipinski definition) is 0. The van der Waals surface area contributed by atoms with E-state index in [1.165, 1.54) is 56.9 Å². The smallest absolute Gasteiger partial charge is 0.205 e. The molecule has 0 atom stereocenters. The molecule has 2 aromatic rings. The number of aryl methyl sites for hydroxylation is 1. The zero-order chi connectivity index (χ0) is 18.2. The summed E-state index contributed by atoms with van der Waals surface area (Å²) in [5, 5.41) is 0. The van der Waals surface area contributed by atoms with E-state index in [9.17, 15) is 0 Å². The summed E-state index contributed by atoms with van der Waals surface area (Å²) >= 11 is 0. The fourth-order valence-corrected chi connectivity index (χ4v) is 3.89. The molecular weight excluding hydrogens is 316 g/mol. The number of rotatable bonds is 5. The van der Waals surface area contributed by atoms with Crippen LogP contribution in [0.2, 0.25) is 0 Å². The van der Waals surface area contributed by atoms with Gasteiger partial charge in [-0.3, -0.25) is 0 Å². The lowest BCUT2D eigenvalue weighted by molar-refractivity contribution is 0.303. The highest BCUT2D eigenvalue weighted by Gasteiger charge is 2.21. The van der Waals surface area contributed by atoms with E-state index in [0.29, 0.717) is 5.82 Å². The largest absolute Gasteiger partial charge is 0.229 e. The highest BCUT2D eigenvalue weighted by molar-refractivity contribution is 5.40. The van der Waals surface area contributed by atoms with Gasteiger partial charge in [-0.15, -0.1) is 0 Å². The molecule has 26 heavy (non-hydrogen) atoms. The molecule has 0 saturated heterocycles. The van der Waals surface area contributed by atoms with Crippen LogP contribution in [0.15, 0.2) is 36.7 Å². The van der Waals surface area contributed by atoms with Crippen molar-refractivity contribution in [2.45, 2.75) is 71.1 Å². The van der Waals surface area contributed by atoms with Gasteiger partial charge in [0.25, 0.3) is 0 Å². The third-order valence-corrected chi connectivity index (χ3v) is 5.54. The number of aromatic nitrogens is 2. The molecule has 1 aromatic heterocycles. The summed E-state index contributed by atoms with van der Waals surface area (Å²) in [6, 6.07) is 8.82. The molecular formula is C24H30N2. The van der Waals surface area contributed by atoms with Crippen LogP contribution in [0.1, 0.15) is 86.7 Å². The maximum absolute atomic E-state index is 4.23. The fraction of sp³-hybridized carbons (Fsp3) is 0.500. The molecule has 1 saturated carbocycles. The molecule has 0 radical (unpaired) electrons. The van der Waals surface area contributed by atoms with E-state index in [1.54, 1.807) is 12.4 Å². The maximum atomic E-state index is 4.23. The number of benzene rings is 1. The van der Waals surface area contributed by atoms with Gasteiger partial charge in [0, 0.05) is 18.0 Å². The average Bonchev–Trinajstić information content (AvgIpc) is 2.69. The Labute approximate surface area is 158 Å². The van der Waals surface area contributed by atoms with Crippen molar-refractivity contribution in [2.24, 2.45) is 5.92 Å². The SMILES string of the molecule is CCCCCC1CCC(c2ccc(C#Cc3ncc(C)cn3)cc2)CC1. The molecule has 0 N–H and O–H groups in total. The van der Waals surface area contributed by atoms with Crippen LogP contribution in [0.3, 0.4) is 0 Å². The lowest BCUT2D eigenvalue weighted by Crippen LogP contribution is -2.13. The Balaban J connectivity index is 1.53. The highest BCUT2D eigenvalue weighted by Crippen LogP contribution is 2.37. The molecule has 1 aromatic carbocycles. The Morgan fingerprint density at radius 3 is 2.27 bits per heavy atom. The highest BCUT2D eigenvalue weighted by atomic mass is 14.8. The van der Waals surface area contributed by atoms with E-state index in [4.69, 9.17) is 0 Å². The van der Waals surface area contributed by atoms with Crippen LogP contribution < -0.4 is 0 Å². The zero-order valence-electron chi connectivity index (χ0n) is 16.2. The summed E-state index contributed by atoms with van der Waals surface area (Å²) in [6.45, 7) is 4.27. The monoisotopic (exact) mass is 346 g/mol. The van der Waals surface area contributed by atoms with Gasteiger partial charge in [0.15, 0.2) is 0 Å². The Hall–Kier alpha value is -2.14. The first-order valence-electron chi connectivity index (χ1n) is 10.1. The third kappa shape index (κ3) is 5.43. The van der Waals surface area contributed by atoms with Crippen LogP contribution in [0.4, 0.5) is 0 Å². The first-order valence-corrected chi connectivity index (χ1v) is 10.1. The molecule has 0 unspecified atom stereocenters. The Kier molecular flexibility index (Phi) is 6.83. The van der Waals surface area contributed by atoms with Crippen molar-refractivity contribution in [1.29, 1.82) is 0 Å². The fourth-order valence-electron chi connectivity index (χ4n) is 3.89. The van der Waals surface area contributed by atoms with Gasteiger partial charge in [0.1, 0.15) is 0 Å². The zero-order valence-corrected chi connectivity index (χ0v) is 16.2. The molecule has 2 nitrogen and oxygen atoms in total. The van der Waals surface area contributed by atoms with Crippen LogP contribution in [-0.2, 0) is 0 Å². The van der Waals surface area contributed by atoms with Crippen molar-refractivity contribution in [2.75, 3.05) is 0 Å². The average molecular weight is 347 g/mol. The van der Waals surface area contributed by atoms with E-state index in [1.807, 2.05) is 6.92 Å². The molecule has 0 amide bonds. The van der Waals surface area contributed by atoms with Gasteiger partial charge in [0.05, 0.1) is 0 Å². The van der Waals surface area contributed by atoms with E-state index >= 15 is 0 Å². The molecule has 1 fully saturated rings. The predicted molar refractivity (Wildman–Crippen MR) is 108 cm³/mol. The Bertz CT molecular complexity index is 727. The van der Waals surface area contributed by atoms with Crippen molar-refractivity contribution in [1.82, 2.24) is 9.97 Å². The van der Waals surface area contributed by atoms with Gasteiger partial charge in [-0.2, -0.15) is 0 Å². The second kappa shape index (κ2) is 9.53. The summed E-state index contributed by atoms with van der Waals surface area (Å²) in [4.78, 5) is 8.47. The van der Waals surface area contributed by atoms with Gasteiger partial charge in [0.2, 0.25) is 5.82 Å². The molecule has 1 aliphatic carbocycles. The van der Waals surface area contributed by atoms with Gasteiger partial charge in [-0.1, -0.05) is 50.7 Å². The van der Waals surface area contributed by atoms with Gasteiger partial charge < -0.3 is 0 Å². The van der Waals surface area contributed by atoms with Crippen molar-refractivity contribution < 1.29 is 0 Å². The topological polar surface area (TPSA) is 25.8 Å². The molecule has 0 bridgehead atoms. The minimum Gasteiger partial charge on any atom is -0.229 e. The van der Waals surface area contributed by atoms with E-state index in [2.05, 4.69) is 53.0 Å². The van der Waals surface area contributed by atoms with E-state index in [-0.39, 0.29) is 0 Å². The normalized spacial score (nSPS) is 19.6. The summed E-state index contributed by atoms with van der Waals surface area (Å²) in [5.41, 5.74) is 3.57. The molecule has 2 heteroatoms. The number of nitrogens with zero attached hydrogens (tertiary/aromatic N) is 2. The lowest BCUT2D eigenvalue weighted by Gasteiger charge is -2.29. The van der Waals surface area contributed by atoms with Crippen LogP contribution >= 0.6 is 0 Å². The standard InChI is InChI=1S/C24H30N2/c1-3-4-5-6-20-7-12-22(13-8-20)23-14-9-21(10-15-23)11-16-24-25-17-19(2)18-26-24/h9-10,14-15,17-18,20,22H,3-8,12-13H2,1-2H3. The third-order valence-electron chi connectivity index (χ3n) is 5.54. The second-order valence-corrected chi connectivity index (χ2v) is 7.67. The lowest BCUT2D eigenvalue weighted by atomic mass is 9.77. The summed E-state index contributed by atoms with van der Waals surface area (Å²) in [5.74, 6) is 8.51. The molecule has 0 spiro atoms. The van der Waals surface area contributed by atoms with E-state index < -0.39 is 0 Å². The Morgan fingerprint density at radius 1 is 0.923 bits per heavy atom. The molecule has 0 aliphatic heterocycles. The summed E-state index contributed by atoms with van der Waals surface area (Å²) < 4.78 is 0. The van der Waals surface area contributed by atoms with Crippen LogP contribution in [0, 0.1) is 24.7 Å². The number of hydrogen-bond acceptors (Lipinski definition) is 2. The van der Waals surface area contributed by atoms with Gasteiger partial charge >= 0.3 is 0 Å². The van der Waals surface area contributed by atoms with Crippen molar-refractivity contribution in [3.05, 3.63) is 59.2 Å². The van der Waals surface area contributed by atoms with Gasteiger partial charge in [-0.25, -0.2) is 9.97 Å². The summed E-state index contributed by atoms with van der Waals surface area (Å²) in [7, 11) is 0. The predicted octanol–water partition coefficient (Wildman–Crippen LogP) is 6.04. The first kappa shape index (κ1) is 18.6. The molecule has 1 heterocycles. The molecule has 1 aliphatic rings. The second-order valence-electron chi connectivity index (χ2n) is 7.67. The van der Waals surface area contributed by atoms with E-state index in [0.717, 1.165) is 23.0 Å². The molecule has 3 rings (SSSR count). The number of unbranched alkanes of at least 4 members (excludes halogenated alkanes) is 2. The van der Waals surface area contributed by atoms with Gasteiger partial charge in [-0.05, 0) is 73.6 Å². The van der Waals surface area contributed by atoms with Crippen LogP contribution in [0.5, 0.6) is 0 Å². The van der Waals surface area contributed by atoms with Crippen molar-refractivity contribution in [3.8, 4) is 11.8 Å². The minimum absolute atomic E-state index is 0.584. The Morgan fingerprint density at radius 2 is 1.62 bits per heavy atom. The first-order chi connectivity index (χ1) is 12.7. The van der Waals surface area contributed by atoms with Crippen LogP contribution in [0.25, 0.3) is 0 Å².